The smallest absolute Gasteiger partial charge is 0.0536 e. The lowest BCUT2D eigenvalue weighted by atomic mass is 10.0. The van der Waals surface area contributed by atoms with Gasteiger partial charge >= 0.3 is 0 Å². The number of hydrogen-bond acceptors (Lipinski definition) is 1. The SMILES string of the molecule is C/C=C\c1c(CC)cccc1N(c1ccccc1)c1ccccc1. The van der Waals surface area contributed by atoms with Crippen LogP contribution in [0.15, 0.2) is 84.9 Å². The molecule has 0 atom stereocenters. The van der Waals surface area contributed by atoms with Gasteiger partial charge in [-0.05, 0) is 49.2 Å². The second kappa shape index (κ2) is 7.65. The molecule has 0 fully saturated rings. The molecule has 0 aromatic heterocycles. The molecule has 3 aromatic carbocycles. The van der Waals surface area contributed by atoms with Crippen LogP contribution in [-0.2, 0) is 6.42 Å². The molecule has 0 heterocycles. The third-order valence-electron chi connectivity index (χ3n) is 4.16. The molecule has 120 valence electrons. The van der Waals surface area contributed by atoms with Crippen molar-refractivity contribution in [2.24, 2.45) is 0 Å². The van der Waals surface area contributed by atoms with Crippen molar-refractivity contribution in [3.63, 3.8) is 0 Å². The molecule has 0 aliphatic rings. The van der Waals surface area contributed by atoms with Crippen molar-refractivity contribution in [3.05, 3.63) is 96.1 Å². The summed E-state index contributed by atoms with van der Waals surface area (Å²) in [4.78, 5) is 2.33. The molecule has 3 aromatic rings. The summed E-state index contributed by atoms with van der Waals surface area (Å²) in [5.41, 5.74) is 6.20. The number of anilines is 3. The summed E-state index contributed by atoms with van der Waals surface area (Å²) < 4.78 is 0. The van der Waals surface area contributed by atoms with E-state index in [2.05, 4.69) is 110 Å². The highest BCUT2D eigenvalue weighted by atomic mass is 15.1. The van der Waals surface area contributed by atoms with Crippen molar-refractivity contribution in [3.8, 4) is 0 Å². The maximum Gasteiger partial charge on any atom is 0.0536 e. The molecule has 0 saturated heterocycles. The second-order valence-electron chi connectivity index (χ2n) is 5.71. The fraction of sp³-hybridized carbons (Fsp3) is 0.130. The van der Waals surface area contributed by atoms with Crippen molar-refractivity contribution in [1.29, 1.82) is 0 Å². The predicted octanol–water partition coefficient (Wildman–Crippen LogP) is 6.75. The molecule has 0 saturated carbocycles. The molecule has 0 spiro atoms. The van der Waals surface area contributed by atoms with Crippen LogP contribution in [-0.4, -0.2) is 0 Å². The number of hydrogen-bond donors (Lipinski definition) is 0. The molecule has 3 rings (SSSR count). The van der Waals surface area contributed by atoms with Crippen LogP contribution in [0.2, 0.25) is 0 Å². The van der Waals surface area contributed by atoms with Gasteiger partial charge in [0, 0.05) is 16.9 Å². The number of allylic oxidation sites excluding steroid dienone is 1. The Bertz CT molecular complexity index is 764. The highest BCUT2D eigenvalue weighted by Gasteiger charge is 2.15. The lowest BCUT2D eigenvalue weighted by Crippen LogP contribution is -2.12. The molecule has 0 radical (unpaired) electrons. The van der Waals surface area contributed by atoms with Gasteiger partial charge in [-0.25, -0.2) is 0 Å². The summed E-state index contributed by atoms with van der Waals surface area (Å²) in [6.45, 7) is 4.28. The van der Waals surface area contributed by atoms with Crippen molar-refractivity contribution >= 4 is 23.1 Å². The van der Waals surface area contributed by atoms with Crippen LogP contribution in [0, 0.1) is 0 Å². The summed E-state index contributed by atoms with van der Waals surface area (Å²) in [6, 6.07) is 27.7. The fourth-order valence-corrected chi connectivity index (χ4v) is 3.04. The van der Waals surface area contributed by atoms with Crippen LogP contribution in [0.1, 0.15) is 25.0 Å². The first-order valence-electron chi connectivity index (χ1n) is 8.50. The molecule has 24 heavy (non-hydrogen) atoms. The van der Waals surface area contributed by atoms with Crippen molar-refractivity contribution < 1.29 is 0 Å². The zero-order chi connectivity index (χ0) is 16.8. The van der Waals surface area contributed by atoms with Gasteiger partial charge in [0.25, 0.3) is 0 Å². The molecule has 1 nitrogen and oxygen atoms in total. The van der Waals surface area contributed by atoms with E-state index in [4.69, 9.17) is 0 Å². The molecular formula is C23H23N. The first-order chi connectivity index (χ1) is 11.8. The van der Waals surface area contributed by atoms with E-state index in [9.17, 15) is 0 Å². The largest absolute Gasteiger partial charge is 0.310 e. The van der Waals surface area contributed by atoms with Gasteiger partial charge in [0.2, 0.25) is 0 Å². The highest BCUT2D eigenvalue weighted by Crippen LogP contribution is 2.38. The summed E-state index contributed by atoms with van der Waals surface area (Å²) in [5.74, 6) is 0. The van der Waals surface area contributed by atoms with Crippen LogP contribution in [0.3, 0.4) is 0 Å². The lowest BCUT2D eigenvalue weighted by molar-refractivity contribution is 1.12. The van der Waals surface area contributed by atoms with E-state index in [0.29, 0.717) is 0 Å². The van der Waals surface area contributed by atoms with Crippen molar-refractivity contribution in [2.75, 3.05) is 4.90 Å². The zero-order valence-corrected chi connectivity index (χ0v) is 14.3. The summed E-state index contributed by atoms with van der Waals surface area (Å²) in [7, 11) is 0. The van der Waals surface area contributed by atoms with E-state index < -0.39 is 0 Å². The van der Waals surface area contributed by atoms with Gasteiger partial charge in [0.15, 0.2) is 0 Å². The molecule has 0 aliphatic heterocycles. The predicted molar refractivity (Wildman–Crippen MR) is 105 cm³/mol. The van der Waals surface area contributed by atoms with Crippen LogP contribution in [0.5, 0.6) is 0 Å². The van der Waals surface area contributed by atoms with Gasteiger partial charge in [0.1, 0.15) is 0 Å². The number of aryl methyl sites for hydroxylation is 1. The topological polar surface area (TPSA) is 3.24 Å². The first-order valence-corrected chi connectivity index (χ1v) is 8.50. The van der Waals surface area contributed by atoms with Gasteiger partial charge in [-0.1, -0.05) is 67.6 Å². The number of nitrogens with zero attached hydrogens (tertiary/aromatic N) is 1. The highest BCUT2D eigenvalue weighted by molar-refractivity contribution is 5.83. The number of benzene rings is 3. The summed E-state index contributed by atoms with van der Waals surface area (Å²) in [6.07, 6.45) is 5.35. The molecule has 1 heteroatoms. The minimum atomic E-state index is 1.02. The van der Waals surface area contributed by atoms with Crippen LogP contribution < -0.4 is 4.90 Å². The van der Waals surface area contributed by atoms with Crippen LogP contribution >= 0.6 is 0 Å². The van der Waals surface area contributed by atoms with E-state index in [-0.39, 0.29) is 0 Å². The minimum absolute atomic E-state index is 1.02. The Hall–Kier alpha value is -2.80. The Balaban J connectivity index is 2.24. The van der Waals surface area contributed by atoms with Gasteiger partial charge in [0.05, 0.1) is 5.69 Å². The Morgan fingerprint density at radius 2 is 1.33 bits per heavy atom. The monoisotopic (exact) mass is 313 g/mol. The Kier molecular flexibility index (Phi) is 5.12. The van der Waals surface area contributed by atoms with Gasteiger partial charge < -0.3 is 4.90 Å². The van der Waals surface area contributed by atoms with Crippen molar-refractivity contribution in [1.82, 2.24) is 0 Å². The second-order valence-corrected chi connectivity index (χ2v) is 5.71. The quantitative estimate of drug-likeness (QED) is 0.503. The number of rotatable bonds is 5. The Labute approximate surface area is 144 Å². The van der Waals surface area contributed by atoms with E-state index in [1.807, 2.05) is 0 Å². The third-order valence-corrected chi connectivity index (χ3v) is 4.16. The fourth-order valence-electron chi connectivity index (χ4n) is 3.04. The van der Waals surface area contributed by atoms with Crippen molar-refractivity contribution in [2.45, 2.75) is 20.3 Å². The van der Waals surface area contributed by atoms with E-state index in [0.717, 1.165) is 6.42 Å². The Morgan fingerprint density at radius 3 is 1.83 bits per heavy atom. The molecule has 0 amide bonds. The zero-order valence-electron chi connectivity index (χ0n) is 14.3. The molecule has 0 unspecified atom stereocenters. The number of para-hydroxylation sites is 2. The standard InChI is InChI=1S/C23H23N/c1-3-12-22-19(4-2)13-11-18-23(22)24(20-14-7-5-8-15-20)21-16-9-6-10-17-21/h3,5-18H,4H2,1-2H3/b12-3-. The maximum atomic E-state index is 2.33. The minimum Gasteiger partial charge on any atom is -0.310 e. The average molecular weight is 313 g/mol. The Morgan fingerprint density at radius 1 is 0.750 bits per heavy atom. The molecular weight excluding hydrogens is 290 g/mol. The van der Waals surface area contributed by atoms with E-state index in [1.165, 1.54) is 28.2 Å². The first kappa shape index (κ1) is 16.1. The van der Waals surface area contributed by atoms with Crippen LogP contribution in [0.4, 0.5) is 17.1 Å². The molecule has 0 N–H and O–H groups in total. The summed E-state index contributed by atoms with van der Waals surface area (Å²) >= 11 is 0. The van der Waals surface area contributed by atoms with Gasteiger partial charge in [-0.15, -0.1) is 0 Å². The normalized spacial score (nSPS) is 10.9. The van der Waals surface area contributed by atoms with Crippen LogP contribution in [0.25, 0.3) is 6.08 Å². The van der Waals surface area contributed by atoms with Gasteiger partial charge in [-0.2, -0.15) is 0 Å². The maximum absolute atomic E-state index is 2.33. The average Bonchev–Trinajstić information content (AvgIpc) is 2.65. The summed E-state index contributed by atoms with van der Waals surface area (Å²) in [5, 5.41) is 0. The lowest BCUT2D eigenvalue weighted by Gasteiger charge is -2.28. The molecule has 0 aliphatic carbocycles. The third kappa shape index (κ3) is 3.26. The van der Waals surface area contributed by atoms with Gasteiger partial charge in [-0.3, -0.25) is 0 Å². The van der Waals surface area contributed by atoms with E-state index in [1.54, 1.807) is 0 Å². The molecule has 0 bridgehead atoms. The van der Waals surface area contributed by atoms with E-state index >= 15 is 0 Å².